The Morgan fingerprint density at radius 3 is 2.50 bits per heavy atom. The molecule has 0 aromatic heterocycles. The van der Waals surface area contributed by atoms with E-state index in [0.29, 0.717) is 30.8 Å². The number of fused-ring (bicyclic) bond motifs is 1. The van der Waals surface area contributed by atoms with Crippen LogP contribution in [0.25, 0.3) is 0 Å². The number of carbonyl (C=O) groups excluding carboxylic acids is 2. The molecular formula is C21H18F3NO3. The average Bonchev–Trinajstić information content (AvgIpc) is 2.63. The van der Waals surface area contributed by atoms with Gasteiger partial charge >= 0.3 is 6.18 Å². The summed E-state index contributed by atoms with van der Waals surface area (Å²) < 4.78 is 43.2. The molecule has 0 atom stereocenters. The summed E-state index contributed by atoms with van der Waals surface area (Å²) in [7, 11) is 0. The van der Waals surface area contributed by atoms with Crippen LogP contribution in [-0.4, -0.2) is 36.3 Å². The van der Waals surface area contributed by atoms with Gasteiger partial charge in [-0.3, -0.25) is 9.59 Å². The smallest absolute Gasteiger partial charge is 0.416 e. The molecule has 2 aliphatic rings. The van der Waals surface area contributed by atoms with E-state index in [1.807, 2.05) is 0 Å². The van der Waals surface area contributed by atoms with Crippen molar-refractivity contribution >= 4 is 11.7 Å². The van der Waals surface area contributed by atoms with E-state index in [1.165, 1.54) is 12.1 Å². The highest BCUT2D eigenvalue weighted by Crippen LogP contribution is 2.30. The number of alkyl halides is 3. The van der Waals surface area contributed by atoms with Crippen molar-refractivity contribution in [2.75, 3.05) is 19.7 Å². The van der Waals surface area contributed by atoms with E-state index in [0.717, 1.165) is 23.3 Å². The molecule has 0 N–H and O–H groups in total. The molecule has 7 heteroatoms. The Labute approximate surface area is 159 Å². The number of hydrogen-bond acceptors (Lipinski definition) is 3. The van der Waals surface area contributed by atoms with Crippen LogP contribution in [-0.2, 0) is 23.8 Å². The second kappa shape index (κ2) is 6.96. The molecule has 0 bridgehead atoms. The Morgan fingerprint density at radius 2 is 1.82 bits per heavy atom. The summed E-state index contributed by atoms with van der Waals surface area (Å²) in [5, 5.41) is 0. The third-order valence-corrected chi connectivity index (χ3v) is 5.13. The minimum absolute atomic E-state index is 0.0161. The van der Waals surface area contributed by atoms with Crippen LogP contribution in [0.2, 0.25) is 0 Å². The van der Waals surface area contributed by atoms with Gasteiger partial charge in [-0.15, -0.1) is 0 Å². The van der Waals surface area contributed by atoms with E-state index in [4.69, 9.17) is 4.74 Å². The normalized spacial score (nSPS) is 17.0. The first-order valence-electron chi connectivity index (χ1n) is 9.02. The second-order valence-corrected chi connectivity index (χ2v) is 7.30. The van der Waals surface area contributed by atoms with Crippen LogP contribution in [0.4, 0.5) is 13.2 Å². The Balaban J connectivity index is 1.34. The number of ether oxygens (including phenoxy) is 1. The summed E-state index contributed by atoms with van der Waals surface area (Å²) in [5.41, 5.74) is 1.42. The monoisotopic (exact) mass is 389 g/mol. The predicted molar refractivity (Wildman–Crippen MR) is 95.2 cm³/mol. The van der Waals surface area contributed by atoms with Gasteiger partial charge in [0.1, 0.15) is 12.4 Å². The zero-order chi connectivity index (χ0) is 19.9. The van der Waals surface area contributed by atoms with Gasteiger partial charge in [0.15, 0.2) is 5.78 Å². The van der Waals surface area contributed by atoms with Gasteiger partial charge in [0, 0.05) is 30.6 Å². The highest BCUT2D eigenvalue weighted by molar-refractivity contribution is 5.96. The van der Waals surface area contributed by atoms with Crippen LogP contribution in [0, 0.1) is 5.92 Å². The van der Waals surface area contributed by atoms with Gasteiger partial charge in [0.25, 0.3) is 5.91 Å². The summed E-state index contributed by atoms with van der Waals surface area (Å²) >= 11 is 0. The van der Waals surface area contributed by atoms with Crippen LogP contribution in [0.15, 0.2) is 42.5 Å². The Hall–Kier alpha value is -2.83. The minimum atomic E-state index is -4.33. The fourth-order valence-corrected chi connectivity index (χ4v) is 3.62. The van der Waals surface area contributed by atoms with E-state index < -0.39 is 11.7 Å². The maximum absolute atomic E-state index is 12.6. The Kier molecular flexibility index (Phi) is 4.61. The van der Waals surface area contributed by atoms with Crippen LogP contribution >= 0.6 is 0 Å². The van der Waals surface area contributed by atoms with Crippen LogP contribution < -0.4 is 4.74 Å². The number of ketones is 1. The highest BCUT2D eigenvalue weighted by atomic mass is 19.4. The third kappa shape index (κ3) is 3.74. The third-order valence-electron chi connectivity index (χ3n) is 5.13. The van der Waals surface area contributed by atoms with E-state index in [-0.39, 0.29) is 30.6 Å². The molecule has 0 saturated carbocycles. The van der Waals surface area contributed by atoms with Crippen molar-refractivity contribution in [2.24, 2.45) is 5.92 Å². The van der Waals surface area contributed by atoms with E-state index >= 15 is 0 Å². The number of Topliss-reactive ketones (excluding diaryl/α,β-unsaturated/α-hetero) is 1. The molecule has 1 fully saturated rings. The second-order valence-electron chi connectivity index (χ2n) is 7.30. The zero-order valence-electron chi connectivity index (χ0n) is 15.0. The van der Waals surface area contributed by atoms with Crippen LogP contribution in [0.5, 0.6) is 5.75 Å². The molecule has 4 rings (SSSR count). The molecule has 0 radical (unpaired) electrons. The van der Waals surface area contributed by atoms with Crippen molar-refractivity contribution in [1.29, 1.82) is 0 Å². The summed E-state index contributed by atoms with van der Waals surface area (Å²) in [6, 6.07) is 10.3. The standard InChI is InChI=1S/C21H18F3NO3/c22-21(23,24)17-4-1-13(2-5-17)7-14-10-25(11-14)20(27)15-3-6-19-16(8-15)9-18(26)12-28-19/h1-6,8,14H,7,9-12H2. The molecule has 146 valence electrons. The number of amides is 1. The first-order valence-corrected chi connectivity index (χ1v) is 9.02. The van der Waals surface area contributed by atoms with Crippen molar-refractivity contribution in [3.63, 3.8) is 0 Å². The van der Waals surface area contributed by atoms with E-state index in [2.05, 4.69) is 0 Å². The van der Waals surface area contributed by atoms with E-state index in [9.17, 15) is 22.8 Å². The molecule has 2 aromatic carbocycles. The van der Waals surface area contributed by atoms with Crippen molar-refractivity contribution in [3.05, 3.63) is 64.7 Å². The molecule has 2 heterocycles. The number of benzene rings is 2. The lowest BCUT2D eigenvalue weighted by molar-refractivity contribution is -0.137. The summed E-state index contributed by atoms with van der Waals surface area (Å²) in [6.45, 7) is 1.19. The Morgan fingerprint density at radius 1 is 1.11 bits per heavy atom. The fraction of sp³-hybridized carbons (Fsp3) is 0.333. The van der Waals surface area contributed by atoms with Gasteiger partial charge in [-0.2, -0.15) is 13.2 Å². The fourth-order valence-electron chi connectivity index (χ4n) is 3.62. The summed E-state index contributed by atoms with van der Waals surface area (Å²) in [5.74, 6) is 0.741. The zero-order valence-corrected chi connectivity index (χ0v) is 15.0. The SMILES string of the molecule is O=C1COc2ccc(C(=O)N3CC(Cc4ccc(C(F)(F)F)cc4)C3)cc2C1. The van der Waals surface area contributed by atoms with Crippen LogP contribution in [0.1, 0.15) is 27.0 Å². The van der Waals surface area contributed by atoms with E-state index in [1.54, 1.807) is 23.1 Å². The number of hydrogen-bond donors (Lipinski definition) is 0. The topological polar surface area (TPSA) is 46.6 Å². The quantitative estimate of drug-likeness (QED) is 0.807. The summed E-state index contributed by atoms with van der Waals surface area (Å²) in [4.78, 5) is 25.9. The predicted octanol–water partition coefficient (Wildman–Crippen LogP) is 3.52. The van der Waals surface area contributed by atoms with Crippen molar-refractivity contribution in [2.45, 2.75) is 19.0 Å². The van der Waals surface area contributed by atoms with Gasteiger partial charge in [-0.05, 0) is 48.2 Å². The lowest BCUT2D eigenvalue weighted by Crippen LogP contribution is -2.50. The molecule has 1 amide bonds. The number of likely N-dealkylation sites (tertiary alicyclic amines) is 1. The number of halogens is 3. The molecule has 28 heavy (non-hydrogen) atoms. The lowest BCUT2D eigenvalue weighted by Gasteiger charge is -2.39. The molecule has 0 spiro atoms. The van der Waals surface area contributed by atoms with Gasteiger partial charge in [0.05, 0.1) is 5.56 Å². The van der Waals surface area contributed by atoms with Crippen molar-refractivity contribution < 1.29 is 27.5 Å². The first-order chi connectivity index (χ1) is 13.3. The molecule has 2 aliphatic heterocycles. The van der Waals surface area contributed by atoms with Crippen molar-refractivity contribution in [1.82, 2.24) is 4.90 Å². The molecule has 0 aliphatic carbocycles. The van der Waals surface area contributed by atoms with Gasteiger partial charge in [0.2, 0.25) is 0 Å². The number of nitrogens with zero attached hydrogens (tertiary/aromatic N) is 1. The largest absolute Gasteiger partial charge is 0.486 e. The van der Waals surface area contributed by atoms with Crippen LogP contribution in [0.3, 0.4) is 0 Å². The highest BCUT2D eigenvalue weighted by Gasteiger charge is 2.33. The van der Waals surface area contributed by atoms with Crippen molar-refractivity contribution in [3.8, 4) is 5.75 Å². The first kappa shape index (κ1) is 18.5. The average molecular weight is 389 g/mol. The number of rotatable bonds is 3. The van der Waals surface area contributed by atoms with Gasteiger partial charge < -0.3 is 9.64 Å². The maximum atomic E-state index is 12.6. The summed E-state index contributed by atoms with van der Waals surface area (Å²) in [6.07, 6.45) is -3.43. The Bertz CT molecular complexity index is 915. The number of carbonyl (C=O) groups is 2. The van der Waals surface area contributed by atoms with Gasteiger partial charge in [-0.25, -0.2) is 0 Å². The lowest BCUT2D eigenvalue weighted by atomic mass is 9.91. The molecule has 4 nitrogen and oxygen atoms in total. The maximum Gasteiger partial charge on any atom is 0.416 e. The van der Waals surface area contributed by atoms with Gasteiger partial charge in [-0.1, -0.05) is 12.1 Å². The molecule has 1 saturated heterocycles. The minimum Gasteiger partial charge on any atom is -0.486 e. The molecular weight excluding hydrogens is 371 g/mol. The molecule has 0 unspecified atom stereocenters. The molecule has 2 aromatic rings.